The number of aliphatic carboxylic acids is 2. The Balaban J connectivity index is 3.18. The lowest BCUT2D eigenvalue weighted by Crippen LogP contribution is -2.44. The van der Waals surface area contributed by atoms with Crippen molar-refractivity contribution in [3.8, 4) is 0 Å². The van der Waals surface area contributed by atoms with Gasteiger partial charge in [-0.3, -0.25) is 4.79 Å². The molecule has 1 aliphatic carbocycles. The summed E-state index contributed by atoms with van der Waals surface area (Å²) in [4.78, 5) is 21.8. The minimum atomic E-state index is -1.42. The maximum absolute atomic E-state index is 11.0. The van der Waals surface area contributed by atoms with Gasteiger partial charge in [0.05, 0.1) is 5.57 Å². The summed E-state index contributed by atoms with van der Waals surface area (Å²) in [6, 6.07) is 0. The second-order valence-corrected chi connectivity index (χ2v) is 4.41. The lowest BCUT2D eigenvalue weighted by Gasteiger charge is -2.34. The van der Waals surface area contributed by atoms with E-state index < -0.39 is 22.6 Å². The van der Waals surface area contributed by atoms with E-state index in [1.807, 2.05) is 0 Å². The Labute approximate surface area is 91.8 Å². The number of allylic oxidation sites excluding steroid dienone is 1. The van der Waals surface area contributed by atoms with E-state index in [0.29, 0.717) is 0 Å². The first kappa shape index (κ1) is 11.9. The number of carboxylic acid groups (broad SMARTS) is 2. The molecular weight excluding hydrogens is 220 g/mol. The van der Waals surface area contributed by atoms with Crippen LogP contribution in [0.2, 0.25) is 0 Å². The zero-order valence-electron chi connectivity index (χ0n) is 8.10. The molecule has 1 rings (SSSR count). The van der Waals surface area contributed by atoms with Crippen molar-refractivity contribution in [2.24, 2.45) is 5.92 Å². The normalized spacial score (nSPS) is 31.5. The Hall–Kier alpha value is -1.17. The van der Waals surface area contributed by atoms with Gasteiger partial charge in [-0.25, -0.2) is 4.79 Å². The predicted molar refractivity (Wildman–Crippen MR) is 55.0 cm³/mol. The number of hydrogen-bond donors (Lipinski definition) is 4. The number of thiol groups is 1. The Morgan fingerprint density at radius 3 is 2.40 bits per heavy atom. The van der Waals surface area contributed by atoms with Crippen LogP contribution in [0.4, 0.5) is 0 Å². The summed E-state index contributed by atoms with van der Waals surface area (Å²) >= 11 is 4.03. The molecule has 0 saturated carbocycles. The molecule has 1 aliphatic rings. The van der Waals surface area contributed by atoms with Crippen LogP contribution in [0.25, 0.3) is 0 Å². The first-order valence-electron chi connectivity index (χ1n) is 4.41. The van der Waals surface area contributed by atoms with Gasteiger partial charge in [0.2, 0.25) is 0 Å². The molecule has 0 saturated heterocycles. The highest BCUT2D eigenvalue weighted by Crippen LogP contribution is 2.41. The van der Waals surface area contributed by atoms with Gasteiger partial charge < -0.3 is 15.3 Å². The van der Waals surface area contributed by atoms with E-state index in [4.69, 9.17) is 10.2 Å². The molecule has 0 heterocycles. The predicted octanol–water partition coefficient (Wildman–Crippen LogP) is 1.07. The van der Waals surface area contributed by atoms with E-state index in [0.717, 1.165) is 0 Å². The third kappa shape index (κ3) is 1.81. The number of carbonyl (C=O) groups is 2. The van der Waals surface area contributed by atoms with Crippen molar-refractivity contribution in [3.63, 3.8) is 0 Å². The van der Waals surface area contributed by atoms with Crippen LogP contribution in [0.5, 0.6) is 0 Å². The molecule has 0 aromatic heterocycles. The van der Waals surface area contributed by atoms with Gasteiger partial charge in [-0.1, -0.05) is 6.92 Å². The Kier molecular flexibility index (Phi) is 2.99. The SMILES string of the molecule is CC1C(C(=O)O)=C(O)CCC1(S)C(=O)O. The van der Waals surface area contributed by atoms with Crippen LogP contribution in [0.3, 0.4) is 0 Å². The van der Waals surface area contributed by atoms with Gasteiger partial charge in [0.15, 0.2) is 0 Å². The number of aliphatic hydroxyl groups excluding tert-OH is 1. The Morgan fingerprint density at radius 1 is 1.47 bits per heavy atom. The number of aliphatic hydroxyl groups is 1. The summed E-state index contributed by atoms with van der Waals surface area (Å²) < 4.78 is -1.42. The lowest BCUT2D eigenvalue weighted by atomic mass is 9.77. The van der Waals surface area contributed by atoms with Crippen molar-refractivity contribution < 1.29 is 24.9 Å². The van der Waals surface area contributed by atoms with Crippen LogP contribution in [0, 0.1) is 5.92 Å². The first-order chi connectivity index (χ1) is 6.80. The van der Waals surface area contributed by atoms with Gasteiger partial charge in [0.1, 0.15) is 10.5 Å². The van der Waals surface area contributed by atoms with Gasteiger partial charge in [-0.15, -0.1) is 0 Å². The topological polar surface area (TPSA) is 94.8 Å². The summed E-state index contributed by atoms with van der Waals surface area (Å²) in [6.07, 6.45) is 0.150. The fourth-order valence-corrected chi connectivity index (χ4v) is 1.99. The highest BCUT2D eigenvalue weighted by Gasteiger charge is 2.47. The summed E-state index contributed by atoms with van der Waals surface area (Å²) in [5, 5.41) is 27.2. The van der Waals surface area contributed by atoms with E-state index in [-0.39, 0.29) is 24.2 Å². The van der Waals surface area contributed by atoms with Crippen LogP contribution < -0.4 is 0 Å². The van der Waals surface area contributed by atoms with Gasteiger partial charge in [-0.2, -0.15) is 12.6 Å². The van der Waals surface area contributed by atoms with Crippen LogP contribution >= 0.6 is 12.6 Å². The third-order valence-corrected chi connectivity index (χ3v) is 3.61. The zero-order valence-corrected chi connectivity index (χ0v) is 8.99. The van der Waals surface area contributed by atoms with Gasteiger partial charge in [0, 0.05) is 12.3 Å². The Morgan fingerprint density at radius 2 is 2.00 bits per heavy atom. The highest BCUT2D eigenvalue weighted by atomic mass is 32.1. The van der Waals surface area contributed by atoms with Crippen molar-refractivity contribution in [2.45, 2.75) is 24.5 Å². The molecule has 0 bridgehead atoms. The van der Waals surface area contributed by atoms with Crippen molar-refractivity contribution in [1.82, 2.24) is 0 Å². The summed E-state index contributed by atoms with van der Waals surface area (Å²) in [7, 11) is 0. The van der Waals surface area contributed by atoms with Gasteiger partial charge in [-0.05, 0) is 6.42 Å². The number of hydrogen-bond acceptors (Lipinski definition) is 4. The minimum Gasteiger partial charge on any atom is -0.512 e. The quantitative estimate of drug-likeness (QED) is 0.534. The second-order valence-electron chi connectivity index (χ2n) is 3.62. The molecule has 5 nitrogen and oxygen atoms in total. The molecule has 15 heavy (non-hydrogen) atoms. The average Bonchev–Trinajstić information content (AvgIpc) is 2.11. The summed E-state index contributed by atoms with van der Waals surface area (Å²) in [5.74, 6) is -3.53. The molecule has 6 heteroatoms. The summed E-state index contributed by atoms with van der Waals surface area (Å²) in [6.45, 7) is 1.44. The maximum Gasteiger partial charge on any atom is 0.335 e. The van der Waals surface area contributed by atoms with E-state index in [1.165, 1.54) is 6.92 Å². The van der Waals surface area contributed by atoms with E-state index in [1.54, 1.807) is 0 Å². The first-order valence-corrected chi connectivity index (χ1v) is 4.86. The fourth-order valence-electron chi connectivity index (χ4n) is 1.75. The molecule has 84 valence electrons. The molecule has 0 aromatic rings. The molecule has 2 unspecified atom stereocenters. The van der Waals surface area contributed by atoms with Crippen molar-refractivity contribution >= 4 is 24.6 Å². The third-order valence-electron chi connectivity index (χ3n) is 2.80. The van der Waals surface area contributed by atoms with Crippen LogP contribution in [-0.4, -0.2) is 32.0 Å². The standard InChI is InChI=1S/C9H12O5S/c1-4-6(7(11)12)5(10)2-3-9(4,15)8(13)14/h4,10,15H,2-3H2,1H3,(H,11,12)(H,13,14). The average molecular weight is 232 g/mol. The Bertz CT molecular complexity index is 348. The van der Waals surface area contributed by atoms with Crippen molar-refractivity contribution in [3.05, 3.63) is 11.3 Å². The highest BCUT2D eigenvalue weighted by molar-refractivity contribution is 7.82. The molecular formula is C9H12O5S. The summed E-state index contributed by atoms with van der Waals surface area (Å²) in [5.41, 5.74) is -0.251. The lowest BCUT2D eigenvalue weighted by molar-refractivity contribution is -0.141. The smallest absolute Gasteiger partial charge is 0.335 e. The van der Waals surface area contributed by atoms with Crippen LogP contribution in [-0.2, 0) is 9.59 Å². The van der Waals surface area contributed by atoms with Crippen LogP contribution in [0.1, 0.15) is 19.8 Å². The van der Waals surface area contributed by atoms with Crippen LogP contribution in [0.15, 0.2) is 11.3 Å². The van der Waals surface area contributed by atoms with Crippen molar-refractivity contribution in [2.75, 3.05) is 0 Å². The second kappa shape index (κ2) is 3.77. The minimum absolute atomic E-state index is 0.0295. The molecule has 0 aliphatic heterocycles. The molecule has 0 spiro atoms. The number of carboxylic acids is 2. The largest absolute Gasteiger partial charge is 0.512 e. The van der Waals surface area contributed by atoms with E-state index in [2.05, 4.69) is 12.6 Å². The maximum atomic E-state index is 11.0. The van der Waals surface area contributed by atoms with E-state index >= 15 is 0 Å². The molecule has 2 atom stereocenters. The van der Waals surface area contributed by atoms with Gasteiger partial charge >= 0.3 is 11.9 Å². The number of rotatable bonds is 2. The monoisotopic (exact) mass is 232 g/mol. The molecule has 0 fully saturated rings. The van der Waals surface area contributed by atoms with Gasteiger partial charge in [0.25, 0.3) is 0 Å². The molecule has 3 N–H and O–H groups in total. The molecule has 0 radical (unpaired) electrons. The fraction of sp³-hybridized carbons (Fsp3) is 0.556. The zero-order chi connectivity index (χ0) is 11.8. The molecule has 0 amide bonds. The van der Waals surface area contributed by atoms with E-state index in [9.17, 15) is 14.7 Å². The van der Waals surface area contributed by atoms with Crippen molar-refractivity contribution in [1.29, 1.82) is 0 Å². The molecule has 0 aromatic carbocycles.